The number of esters is 1. The molecule has 3 nitrogen and oxygen atoms in total. The van der Waals surface area contributed by atoms with Gasteiger partial charge in [0.1, 0.15) is 12.4 Å². The molecular weight excluding hydrogens is 217 g/mol. The van der Waals surface area contributed by atoms with E-state index in [9.17, 15) is 9.18 Å². The molecule has 0 fully saturated rings. The molecule has 0 saturated carbocycles. The number of carbonyl (C=O) groups excluding carboxylic acids is 1. The Balaban J connectivity index is 2.62. The number of benzene rings is 1. The first-order valence-corrected chi connectivity index (χ1v) is 5.75. The first-order chi connectivity index (χ1) is 7.15. The van der Waals surface area contributed by atoms with Crippen molar-refractivity contribution in [2.24, 2.45) is 0 Å². The Bertz CT molecular complexity index is 357. The quantitative estimate of drug-likeness (QED) is 0.487. The molecular formula is C10H12FNO2S. The van der Waals surface area contributed by atoms with E-state index in [2.05, 4.69) is 0 Å². The zero-order valence-corrected chi connectivity index (χ0v) is 9.14. The Hall–Kier alpha value is -1.23. The van der Waals surface area contributed by atoms with Crippen molar-refractivity contribution in [1.82, 2.24) is 0 Å². The van der Waals surface area contributed by atoms with E-state index in [1.165, 1.54) is 12.1 Å². The highest BCUT2D eigenvalue weighted by molar-refractivity contribution is 7.98. The van der Waals surface area contributed by atoms with Crippen molar-refractivity contribution in [3.05, 3.63) is 29.6 Å². The minimum Gasteiger partial charge on any atom is -0.461 e. The number of thioether (sulfide) groups is 1. The highest BCUT2D eigenvalue weighted by Gasteiger charge is 2.08. The molecule has 2 N–H and O–H groups in total. The van der Waals surface area contributed by atoms with E-state index in [0.717, 1.165) is 11.8 Å². The largest absolute Gasteiger partial charge is 0.461 e. The maximum atomic E-state index is 12.8. The van der Waals surface area contributed by atoms with Gasteiger partial charge in [0, 0.05) is 5.75 Å². The first-order valence-electron chi connectivity index (χ1n) is 4.36. The highest BCUT2D eigenvalue weighted by atomic mass is 32.2. The standard InChI is InChI=1S/C10H12FNO2S/c1-15-5-4-14-10(13)7-2-3-8(11)9(12)6-7/h2-3,6H,4-5,12H2,1H3. The van der Waals surface area contributed by atoms with Crippen molar-refractivity contribution < 1.29 is 13.9 Å². The fourth-order valence-electron chi connectivity index (χ4n) is 0.972. The van der Waals surface area contributed by atoms with E-state index < -0.39 is 11.8 Å². The number of rotatable bonds is 4. The van der Waals surface area contributed by atoms with Gasteiger partial charge in [-0.05, 0) is 24.5 Å². The highest BCUT2D eigenvalue weighted by Crippen LogP contribution is 2.13. The first kappa shape index (κ1) is 11.8. The summed E-state index contributed by atoms with van der Waals surface area (Å²) in [5.41, 5.74) is 5.55. The topological polar surface area (TPSA) is 52.3 Å². The zero-order valence-electron chi connectivity index (χ0n) is 8.33. The van der Waals surface area contributed by atoms with Crippen molar-refractivity contribution in [3.63, 3.8) is 0 Å². The summed E-state index contributed by atoms with van der Waals surface area (Å²) in [6, 6.07) is 3.78. The lowest BCUT2D eigenvalue weighted by molar-refractivity contribution is 0.0530. The predicted octanol–water partition coefficient (Wildman–Crippen LogP) is 1.93. The minimum atomic E-state index is -0.532. The number of hydrogen-bond donors (Lipinski definition) is 1. The van der Waals surface area contributed by atoms with Crippen LogP contribution in [0.15, 0.2) is 18.2 Å². The second-order valence-corrected chi connectivity index (χ2v) is 3.85. The van der Waals surface area contributed by atoms with Crippen LogP contribution in [-0.2, 0) is 4.74 Å². The van der Waals surface area contributed by atoms with Crippen LogP contribution < -0.4 is 5.73 Å². The number of nitrogen functional groups attached to an aromatic ring is 1. The molecule has 82 valence electrons. The SMILES string of the molecule is CSCCOC(=O)c1ccc(F)c(N)c1. The van der Waals surface area contributed by atoms with Crippen LogP contribution in [-0.4, -0.2) is 24.6 Å². The van der Waals surface area contributed by atoms with E-state index >= 15 is 0 Å². The van der Waals surface area contributed by atoms with Crippen molar-refractivity contribution >= 4 is 23.4 Å². The van der Waals surface area contributed by atoms with Crippen molar-refractivity contribution in [1.29, 1.82) is 0 Å². The molecule has 0 unspecified atom stereocenters. The van der Waals surface area contributed by atoms with Gasteiger partial charge in [0.05, 0.1) is 11.3 Å². The van der Waals surface area contributed by atoms with Gasteiger partial charge in [-0.1, -0.05) is 0 Å². The summed E-state index contributed by atoms with van der Waals surface area (Å²) in [5.74, 6) is -0.269. The lowest BCUT2D eigenvalue weighted by atomic mass is 10.2. The van der Waals surface area contributed by atoms with E-state index in [0.29, 0.717) is 6.61 Å². The molecule has 1 aromatic carbocycles. The number of carbonyl (C=O) groups is 1. The third-order valence-electron chi connectivity index (χ3n) is 1.75. The third kappa shape index (κ3) is 3.43. The van der Waals surface area contributed by atoms with Crippen LogP contribution in [0.2, 0.25) is 0 Å². The maximum absolute atomic E-state index is 12.8. The molecule has 5 heteroatoms. The molecule has 0 bridgehead atoms. The smallest absolute Gasteiger partial charge is 0.338 e. The summed E-state index contributed by atoms with van der Waals surface area (Å²) in [4.78, 5) is 11.4. The minimum absolute atomic E-state index is 0.0469. The molecule has 1 rings (SSSR count). The monoisotopic (exact) mass is 229 g/mol. The van der Waals surface area contributed by atoms with Crippen LogP contribution in [0.5, 0.6) is 0 Å². The molecule has 0 spiro atoms. The van der Waals surface area contributed by atoms with Gasteiger partial charge in [-0.25, -0.2) is 9.18 Å². The summed E-state index contributed by atoms with van der Waals surface area (Å²) in [7, 11) is 0. The van der Waals surface area contributed by atoms with Gasteiger partial charge in [-0.2, -0.15) is 11.8 Å². The molecule has 0 aliphatic heterocycles. The lowest BCUT2D eigenvalue weighted by Crippen LogP contribution is -2.08. The molecule has 0 radical (unpaired) electrons. The normalized spacial score (nSPS) is 10.0. The van der Waals surface area contributed by atoms with Gasteiger partial charge < -0.3 is 10.5 Å². The Morgan fingerprint density at radius 3 is 2.93 bits per heavy atom. The summed E-state index contributed by atoms with van der Waals surface area (Å²) in [6.45, 7) is 0.345. The number of halogens is 1. The molecule has 0 aliphatic rings. The van der Waals surface area contributed by atoms with E-state index in [-0.39, 0.29) is 11.3 Å². The molecule has 0 amide bonds. The van der Waals surface area contributed by atoms with Crippen LogP contribution in [0.4, 0.5) is 10.1 Å². The van der Waals surface area contributed by atoms with Crippen molar-refractivity contribution in [3.8, 4) is 0 Å². The third-order valence-corrected chi connectivity index (χ3v) is 2.33. The molecule has 15 heavy (non-hydrogen) atoms. The van der Waals surface area contributed by atoms with Gasteiger partial charge in [-0.3, -0.25) is 0 Å². The molecule has 0 saturated heterocycles. The number of hydrogen-bond acceptors (Lipinski definition) is 4. The Labute approximate surface area is 91.8 Å². The Morgan fingerprint density at radius 1 is 1.60 bits per heavy atom. The number of nitrogens with two attached hydrogens (primary N) is 1. The van der Waals surface area contributed by atoms with Crippen LogP contribution in [0.25, 0.3) is 0 Å². The second-order valence-electron chi connectivity index (χ2n) is 2.87. The predicted molar refractivity (Wildman–Crippen MR) is 59.5 cm³/mol. The number of ether oxygens (including phenoxy) is 1. The summed E-state index contributed by atoms with van der Waals surface area (Å²) in [5, 5.41) is 0. The molecule has 0 aliphatic carbocycles. The fourth-order valence-corrected chi connectivity index (χ4v) is 1.22. The molecule has 0 heterocycles. The summed E-state index contributed by atoms with van der Waals surface area (Å²) in [6.07, 6.45) is 1.92. The summed E-state index contributed by atoms with van der Waals surface area (Å²) >= 11 is 1.58. The van der Waals surface area contributed by atoms with Crippen molar-refractivity contribution in [2.75, 3.05) is 24.3 Å². The maximum Gasteiger partial charge on any atom is 0.338 e. The van der Waals surface area contributed by atoms with Gasteiger partial charge in [-0.15, -0.1) is 0 Å². The van der Waals surface area contributed by atoms with Crippen LogP contribution in [0.1, 0.15) is 10.4 Å². The average Bonchev–Trinajstić information content (AvgIpc) is 2.22. The van der Waals surface area contributed by atoms with E-state index in [1.54, 1.807) is 11.8 Å². The van der Waals surface area contributed by atoms with Gasteiger partial charge in [0.2, 0.25) is 0 Å². The molecule has 0 aromatic heterocycles. The van der Waals surface area contributed by atoms with Gasteiger partial charge in [0.15, 0.2) is 0 Å². The van der Waals surface area contributed by atoms with Crippen molar-refractivity contribution in [2.45, 2.75) is 0 Å². The number of anilines is 1. The Kier molecular flexibility index (Phi) is 4.42. The fraction of sp³-hybridized carbons (Fsp3) is 0.300. The van der Waals surface area contributed by atoms with E-state index in [4.69, 9.17) is 10.5 Å². The van der Waals surface area contributed by atoms with E-state index in [1.807, 2.05) is 6.26 Å². The average molecular weight is 229 g/mol. The molecule has 1 aromatic rings. The second kappa shape index (κ2) is 5.60. The Morgan fingerprint density at radius 2 is 2.33 bits per heavy atom. The zero-order chi connectivity index (χ0) is 11.3. The van der Waals surface area contributed by atoms with Gasteiger partial charge >= 0.3 is 5.97 Å². The van der Waals surface area contributed by atoms with Gasteiger partial charge in [0.25, 0.3) is 0 Å². The van der Waals surface area contributed by atoms with Crippen LogP contribution in [0.3, 0.4) is 0 Å². The summed E-state index contributed by atoms with van der Waals surface area (Å²) < 4.78 is 17.7. The van der Waals surface area contributed by atoms with Crippen LogP contribution in [0, 0.1) is 5.82 Å². The lowest BCUT2D eigenvalue weighted by Gasteiger charge is -2.04. The molecule has 0 atom stereocenters. The van der Waals surface area contributed by atoms with Crippen LogP contribution >= 0.6 is 11.8 Å².